The number of unbranched alkanes of at least 4 members (excludes halogenated alkanes) is 11. The first-order chi connectivity index (χ1) is 25.6. The largest absolute Gasteiger partial charge is 0.393 e. The van der Waals surface area contributed by atoms with Gasteiger partial charge in [0.1, 0.15) is 0 Å². The van der Waals surface area contributed by atoms with Crippen molar-refractivity contribution in [2.45, 2.75) is 194 Å². The van der Waals surface area contributed by atoms with Crippen LogP contribution in [0.1, 0.15) is 182 Å². The number of aliphatic hydroxyl groups excluding tert-OH is 2. The molecule has 0 bridgehead atoms. The zero-order valence-corrected chi connectivity index (χ0v) is 34.7. The van der Waals surface area contributed by atoms with Crippen molar-refractivity contribution in [2.75, 3.05) is 26.3 Å². The van der Waals surface area contributed by atoms with E-state index in [1.165, 1.54) is 96.3 Å². The van der Waals surface area contributed by atoms with E-state index >= 15 is 0 Å². The summed E-state index contributed by atoms with van der Waals surface area (Å²) in [7, 11) is 0. The van der Waals surface area contributed by atoms with E-state index in [4.69, 9.17) is 4.74 Å². The van der Waals surface area contributed by atoms with E-state index in [9.17, 15) is 19.8 Å². The average molecular weight is 743 g/mol. The maximum Gasteiger partial charge on any atom is 0.220 e. The van der Waals surface area contributed by atoms with E-state index < -0.39 is 0 Å². The summed E-state index contributed by atoms with van der Waals surface area (Å²) in [4.78, 5) is 24.9. The molecule has 0 aromatic rings. The maximum absolute atomic E-state index is 12.7. The van der Waals surface area contributed by atoms with Crippen LogP contribution in [0.15, 0.2) is 12.2 Å². The second kappa shape index (κ2) is 23.0. The van der Waals surface area contributed by atoms with Crippen molar-refractivity contribution in [1.29, 1.82) is 0 Å². The Kier molecular flexibility index (Phi) is 19.2. The summed E-state index contributed by atoms with van der Waals surface area (Å²) in [5.41, 5.74) is 0.496. The van der Waals surface area contributed by atoms with E-state index in [2.05, 4.69) is 50.5 Å². The molecular weight excluding hydrogens is 661 g/mol. The highest BCUT2D eigenvalue weighted by atomic mass is 16.5. The second-order valence-corrected chi connectivity index (χ2v) is 18.6. The van der Waals surface area contributed by atoms with Gasteiger partial charge in [-0.2, -0.15) is 0 Å². The molecule has 4 N–H and O–H groups in total. The van der Waals surface area contributed by atoms with Crippen molar-refractivity contribution in [1.82, 2.24) is 10.6 Å². The molecule has 0 aliphatic heterocycles. The number of carbonyl (C=O) groups excluding carboxylic acids is 2. The van der Waals surface area contributed by atoms with Crippen LogP contribution in [0.2, 0.25) is 0 Å². The SMILES string of the molecule is CCCCCCCCC=CCCCCCCCC(=O)NCCOCCNC(=O)CC[C@@H](C)C1CC[C@H]2[C@@H]3[C@H](O)C[C@@H]4C[C@H](O)CC[C@]4(C)[C@H]3CC[C@]12C. The molecule has 0 heterocycles. The average Bonchev–Trinajstić information content (AvgIpc) is 3.49. The molecule has 4 saturated carbocycles. The van der Waals surface area contributed by atoms with Gasteiger partial charge in [0.05, 0.1) is 25.4 Å². The minimum Gasteiger partial charge on any atom is -0.393 e. The molecule has 10 atom stereocenters. The van der Waals surface area contributed by atoms with E-state index in [0.717, 1.165) is 44.9 Å². The Labute approximate surface area is 325 Å². The Bertz CT molecular complexity index is 1100. The smallest absolute Gasteiger partial charge is 0.220 e. The fraction of sp³-hybridized carbons (Fsp3) is 0.913. The van der Waals surface area contributed by atoms with Crippen molar-refractivity contribution in [3.8, 4) is 0 Å². The predicted molar refractivity (Wildman–Crippen MR) is 217 cm³/mol. The van der Waals surface area contributed by atoms with Crippen LogP contribution in [0.25, 0.3) is 0 Å². The van der Waals surface area contributed by atoms with Crippen LogP contribution in [-0.4, -0.2) is 60.5 Å². The highest BCUT2D eigenvalue weighted by molar-refractivity contribution is 5.76. The van der Waals surface area contributed by atoms with Gasteiger partial charge in [-0.3, -0.25) is 9.59 Å². The van der Waals surface area contributed by atoms with Crippen LogP contribution in [-0.2, 0) is 14.3 Å². The van der Waals surface area contributed by atoms with Crippen molar-refractivity contribution in [3.63, 3.8) is 0 Å². The first kappa shape index (κ1) is 44.3. The number of hydrogen-bond acceptors (Lipinski definition) is 5. The first-order valence-corrected chi connectivity index (χ1v) is 22.7. The lowest BCUT2D eigenvalue weighted by molar-refractivity contribution is -0.174. The summed E-state index contributed by atoms with van der Waals surface area (Å²) in [6, 6.07) is 0. The minimum atomic E-state index is -0.242. The van der Waals surface area contributed by atoms with Gasteiger partial charge in [0.2, 0.25) is 11.8 Å². The Morgan fingerprint density at radius 2 is 1.32 bits per heavy atom. The third kappa shape index (κ3) is 13.1. The molecule has 7 nitrogen and oxygen atoms in total. The second-order valence-electron chi connectivity index (χ2n) is 18.6. The van der Waals surface area contributed by atoms with Crippen molar-refractivity contribution >= 4 is 11.8 Å². The molecule has 4 fully saturated rings. The number of carbonyl (C=O) groups is 2. The van der Waals surface area contributed by atoms with E-state index in [0.29, 0.717) is 74.7 Å². The fourth-order valence-electron chi connectivity index (χ4n) is 11.9. The maximum atomic E-state index is 12.7. The minimum absolute atomic E-state index is 0.0956. The zero-order valence-electron chi connectivity index (χ0n) is 34.7. The monoisotopic (exact) mass is 743 g/mol. The molecule has 53 heavy (non-hydrogen) atoms. The Morgan fingerprint density at radius 3 is 2.00 bits per heavy atom. The topological polar surface area (TPSA) is 108 Å². The van der Waals surface area contributed by atoms with Gasteiger partial charge in [0.15, 0.2) is 0 Å². The van der Waals surface area contributed by atoms with Crippen LogP contribution in [0, 0.1) is 46.3 Å². The number of fused-ring (bicyclic) bond motifs is 5. The predicted octanol–water partition coefficient (Wildman–Crippen LogP) is 9.68. The molecular formula is C46H82N2O5. The summed E-state index contributed by atoms with van der Waals surface area (Å²) in [6.45, 7) is 11.5. The zero-order chi connectivity index (χ0) is 38.1. The lowest BCUT2D eigenvalue weighted by Crippen LogP contribution is -2.58. The number of amides is 2. The molecule has 0 saturated heterocycles. The lowest BCUT2D eigenvalue weighted by Gasteiger charge is -2.62. The van der Waals surface area contributed by atoms with Gasteiger partial charge in [-0.15, -0.1) is 0 Å². The Morgan fingerprint density at radius 1 is 0.736 bits per heavy atom. The number of allylic oxidation sites excluding steroid dienone is 2. The molecule has 306 valence electrons. The molecule has 2 amide bonds. The number of rotatable bonds is 25. The van der Waals surface area contributed by atoms with Crippen molar-refractivity contribution in [2.24, 2.45) is 46.3 Å². The highest BCUT2D eigenvalue weighted by Gasteiger charge is 2.62. The molecule has 0 aromatic heterocycles. The van der Waals surface area contributed by atoms with E-state index in [1.54, 1.807) is 0 Å². The molecule has 7 heteroatoms. The third-order valence-electron chi connectivity index (χ3n) is 15.0. The van der Waals surface area contributed by atoms with Gasteiger partial charge < -0.3 is 25.6 Å². The van der Waals surface area contributed by atoms with Crippen LogP contribution in [0.5, 0.6) is 0 Å². The number of ether oxygens (including phenoxy) is 1. The molecule has 0 spiro atoms. The van der Waals surface area contributed by atoms with Gasteiger partial charge >= 0.3 is 0 Å². The van der Waals surface area contributed by atoms with Gasteiger partial charge in [-0.25, -0.2) is 0 Å². The standard InChI is InChI=1S/C46H82N2O5/c1-5-6-7-8-9-10-11-12-13-14-15-16-17-18-19-20-42(51)47-29-31-53-32-30-48-43(52)24-21-35(2)38-22-23-39-44-40(26-28-46(38,39)4)45(3)27-25-37(49)33-36(45)34-41(44)50/h12-13,35-41,44,49-50H,5-11,14-34H2,1-4H3,(H,47,51)(H,48,52)/t35-,36+,37-,38?,39+,40+,41-,44+,45+,46-/m1/s1. The Hall–Kier alpha value is -1.44. The summed E-state index contributed by atoms with van der Waals surface area (Å²) < 4.78 is 5.67. The van der Waals surface area contributed by atoms with Crippen LogP contribution >= 0.6 is 0 Å². The van der Waals surface area contributed by atoms with Crippen molar-refractivity contribution < 1.29 is 24.5 Å². The summed E-state index contributed by atoms with van der Waals surface area (Å²) in [6.07, 6.45) is 31.2. The summed E-state index contributed by atoms with van der Waals surface area (Å²) in [5.74, 6) is 3.25. The number of aliphatic hydroxyl groups is 2. The van der Waals surface area contributed by atoms with Gasteiger partial charge in [0.25, 0.3) is 0 Å². The van der Waals surface area contributed by atoms with Crippen LogP contribution in [0.4, 0.5) is 0 Å². The summed E-state index contributed by atoms with van der Waals surface area (Å²) >= 11 is 0. The van der Waals surface area contributed by atoms with Gasteiger partial charge in [-0.1, -0.05) is 91.2 Å². The molecule has 4 aliphatic carbocycles. The normalized spacial score (nSPS) is 32.9. The van der Waals surface area contributed by atoms with E-state index in [1.807, 2.05) is 0 Å². The Balaban J connectivity index is 0.978. The highest BCUT2D eigenvalue weighted by Crippen LogP contribution is 2.68. The molecule has 0 radical (unpaired) electrons. The summed E-state index contributed by atoms with van der Waals surface area (Å²) in [5, 5.41) is 27.9. The molecule has 4 rings (SSSR count). The van der Waals surface area contributed by atoms with Crippen LogP contribution < -0.4 is 10.6 Å². The number of nitrogens with one attached hydrogen (secondary N) is 2. The molecule has 0 aromatic carbocycles. The molecule has 4 aliphatic rings. The van der Waals surface area contributed by atoms with Crippen molar-refractivity contribution in [3.05, 3.63) is 12.2 Å². The van der Waals surface area contributed by atoms with E-state index in [-0.39, 0.29) is 34.9 Å². The lowest BCUT2D eigenvalue weighted by atomic mass is 9.43. The first-order valence-electron chi connectivity index (χ1n) is 22.7. The van der Waals surface area contributed by atoms with Crippen LogP contribution in [0.3, 0.4) is 0 Å². The quantitative estimate of drug-likeness (QED) is 0.0551. The molecule has 1 unspecified atom stereocenters. The third-order valence-corrected chi connectivity index (χ3v) is 15.0. The fourth-order valence-corrected chi connectivity index (χ4v) is 11.9. The van der Waals surface area contributed by atoms with Gasteiger partial charge in [0, 0.05) is 25.9 Å². The number of hydrogen-bond donors (Lipinski definition) is 4. The van der Waals surface area contributed by atoms with Gasteiger partial charge in [-0.05, 0) is 136 Å².